The largest absolute Gasteiger partial charge is 0.294 e. The standard InChI is InChI=1S/C19H26N2O2S2/c1-15-5-7-17(8-6-15)25(22,23)20-14-18(19-4-3-13-24-19)21-11-9-16(2)10-12-21/h3-8,13,16,18,20H,9-12,14H2,1-2H3/t18-/m0/s1. The van der Waals surface area contributed by atoms with Gasteiger partial charge in [-0.25, -0.2) is 13.1 Å². The minimum Gasteiger partial charge on any atom is -0.294 e. The van der Waals surface area contributed by atoms with E-state index in [2.05, 4.69) is 28.0 Å². The second-order valence-corrected chi connectivity index (χ2v) is 9.66. The van der Waals surface area contributed by atoms with E-state index in [1.54, 1.807) is 23.5 Å². The highest BCUT2D eigenvalue weighted by molar-refractivity contribution is 7.89. The molecule has 136 valence electrons. The summed E-state index contributed by atoms with van der Waals surface area (Å²) in [6.45, 7) is 6.70. The highest BCUT2D eigenvalue weighted by Crippen LogP contribution is 2.29. The second-order valence-electron chi connectivity index (χ2n) is 6.91. The van der Waals surface area contributed by atoms with Gasteiger partial charge in [0.05, 0.1) is 10.9 Å². The lowest BCUT2D eigenvalue weighted by Gasteiger charge is -2.36. The number of likely N-dealkylation sites (tertiary alicyclic amines) is 1. The molecule has 1 N–H and O–H groups in total. The van der Waals surface area contributed by atoms with Gasteiger partial charge in [-0.15, -0.1) is 11.3 Å². The van der Waals surface area contributed by atoms with E-state index in [1.807, 2.05) is 25.1 Å². The van der Waals surface area contributed by atoms with Gasteiger partial charge in [0.2, 0.25) is 10.0 Å². The lowest BCUT2D eigenvalue weighted by atomic mass is 9.97. The van der Waals surface area contributed by atoms with Crippen LogP contribution in [0.1, 0.15) is 36.2 Å². The molecule has 2 heterocycles. The number of aryl methyl sites for hydroxylation is 1. The van der Waals surface area contributed by atoms with Gasteiger partial charge in [0.1, 0.15) is 0 Å². The Morgan fingerprint density at radius 1 is 1.20 bits per heavy atom. The zero-order chi connectivity index (χ0) is 17.9. The first-order chi connectivity index (χ1) is 12.0. The van der Waals surface area contributed by atoms with Crippen LogP contribution in [0.3, 0.4) is 0 Å². The molecule has 1 aliphatic heterocycles. The number of hydrogen-bond donors (Lipinski definition) is 1. The van der Waals surface area contributed by atoms with Crippen molar-refractivity contribution >= 4 is 21.4 Å². The molecule has 1 aromatic heterocycles. The van der Waals surface area contributed by atoms with E-state index in [9.17, 15) is 8.42 Å². The van der Waals surface area contributed by atoms with Crippen LogP contribution < -0.4 is 4.72 Å². The van der Waals surface area contributed by atoms with E-state index in [0.29, 0.717) is 11.4 Å². The molecule has 0 spiro atoms. The van der Waals surface area contributed by atoms with Crippen molar-refractivity contribution in [3.8, 4) is 0 Å². The summed E-state index contributed by atoms with van der Waals surface area (Å²) >= 11 is 1.70. The number of rotatable bonds is 6. The SMILES string of the molecule is Cc1ccc(S(=O)(=O)NC[C@@H](c2cccs2)N2CCC(C)CC2)cc1. The van der Waals surface area contributed by atoms with Crippen LogP contribution >= 0.6 is 11.3 Å². The predicted molar refractivity (Wildman–Crippen MR) is 103 cm³/mol. The van der Waals surface area contributed by atoms with Crippen LogP contribution in [0.25, 0.3) is 0 Å². The normalized spacial score (nSPS) is 18.3. The molecule has 1 aliphatic rings. The maximum absolute atomic E-state index is 12.6. The van der Waals surface area contributed by atoms with Crippen LogP contribution in [-0.4, -0.2) is 33.0 Å². The number of nitrogens with one attached hydrogen (secondary N) is 1. The van der Waals surface area contributed by atoms with Crippen molar-refractivity contribution in [1.82, 2.24) is 9.62 Å². The molecule has 1 fully saturated rings. The van der Waals surface area contributed by atoms with E-state index in [1.165, 1.54) is 17.7 Å². The zero-order valence-corrected chi connectivity index (χ0v) is 16.4. The summed E-state index contributed by atoms with van der Waals surface area (Å²) < 4.78 is 28.1. The van der Waals surface area contributed by atoms with Crippen molar-refractivity contribution in [3.63, 3.8) is 0 Å². The minimum absolute atomic E-state index is 0.104. The number of thiophene rings is 1. The average Bonchev–Trinajstić information content (AvgIpc) is 3.11. The number of benzene rings is 1. The smallest absolute Gasteiger partial charge is 0.240 e. The van der Waals surface area contributed by atoms with Gasteiger partial charge in [0.15, 0.2) is 0 Å². The lowest BCUT2D eigenvalue weighted by molar-refractivity contribution is 0.141. The molecule has 6 heteroatoms. The third-order valence-corrected chi connectivity index (χ3v) is 7.34. The number of hydrogen-bond acceptors (Lipinski definition) is 4. The summed E-state index contributed by atoms with van der Waals surface area (Å²) in [4.78, 5) is 3.97. The summed E-state index contributed by atoms with van der Waals surface area (Å²) in [6.07, 6.45) is 2.35. The molecular weight excluding hydrogens is 352 g/mol. The second kappa shape index (κ2) is 7.99. The van der Waals surface area contributed by atoms with Gasteiger partial charge in [-0.2, -0.15) is 0 Å². The Balaban J connectivity index is 1.73. The van der Waals surface area contributed by atoms with Gasteiger partial charge in [-0.1, -0.05) is 30.7 Å². The quantitative estimate of drug-likeness (QED) is 0.832. The van der Waals surface area contributed by atoms with Crippen LogP contribution in [0, 0.1) is 12.8 Å². The molecule has 0 aliphatic carbocycles. The minimum atomic E-state index is -3.48. The Kier molecular flexibility index (Phi) is 5.94. The molecule has 1 saturated heterocycles. The summed E-state index contributed by atoms with van der Waals surface area (Å²) in [5.41, 5.74) is 1.05. The summed E-state index contributed by atoms with van der Waals surface area (Å²) in [6, 6.07) is 11.2. The Morgan fingerprint density at radius 3 is 2.48 bits per heavy atom. The lowest BCUT2D eigenvalue weighted by Crippen LogP contribution is -2.41. The van der Waals surface area contributed by atoms with Crippen molar-refractivity contribution in [1.29, 1.82) is 0 Å². The summed E-state index contributed by atoms with van der Waals surface area (Å²) in [5.74, 6) is 0.754. The van der Waals surface area contributed by atoms with Gasteiger partial charge < -0.3 is 0 Å². The van der Waals surface area contributed by atoms with Crippen LogP contribution in [0.15, 0.2) is 46.7 Å². The Morgan fingerprint density at radius 2 is 1.88 bits per heavy atom. The van der Waals surface area contributed by atoms with Crippen LogP contribution in [0.2, 0.25) is 0 Å². The fourth-order valence-electron chi connectivity index (χ4n) is 3.22. The third kappa shape index (κ3) is 4.70. The molecule has 4 nitrogen and oxygen atoms in total. The van der Waals surface area contributed by atoms with Crippen molar-refractivity contribution in [2.75, 3.05) is 19.6 Å². The molecule has 25 heavy (non-hydrogen) atoms. The number of piperidine rings is 1. The summed E-state index contributed by atoms with van der Waals surface area (Å²) in [7, 11) is -3.48. The van der Waals surface area contributed by atoms with E-state index in [4.69, 9.17) is 0 Å². The Labute approximate surface area is 154 Å². The van der Waals surface area contributed by atoms with Gasteiger partial charge >= 0.3 is 0 Å². The topological polar surface area (TPSA) is 49.4 Å². The van der Waals surface area contributed by atoms with Crippen molar-refractivity contribution in [3.05, 3.63) is 52.2 Å². The van der Waals surface area contributed by atoms with E-state index in [0.717, 1.165) is 24.6 Å². The zero-order valence-electron chi connectivity index (χ0n) is 14.8. The molecule has 1 aromatic carbocycles. The highest BCUT2D eigenvalue weighted by atomic mass is 32.2. The molecular formula is C19H26N2O2S2. The van der Waals surface area contributed by atoms with Gasteiger partial charge in [0, 0.05) is 11.4 Å². The molecule has 0 radical (unpaired) electrons. The molecule has 1 atom stereocenters. The van der Waals surface area contributed by atoms with E-state index in [-0.39, 0.29) is 6.04 Å². The van der Waals surface area contributed by atoms with Gasteiger partial charge in [-0.3, -0.25) is 4.90 Å². The first-order valence-electron chi connectivity index (χ1n) is 8.79. The molecule has 2 aromatic rings. The van der Waals surface area contributed by atoms with E-state index < -0.39 is 10.0 Å². The van der Waals surface area contributed by atoms with Crippen LogP contribution in [0.5, 0.6) is 0 Å². The number of sulfonamides is 1. The van der Waals surface area contributed by atoms with Crippen molar-refractivity contribution in [2.45, 2.75) is 37.6 Å². The maximum atomic E-state index is 12.6. The maximum Gasteiger partial charge on any atom is 0.240 e. The van der Waals surface area contributed by atoms with Gasteiger partial charge in [0.25, 0.3) is 0 Å². The van der Waals surface area contributed by atoms with Gasteiger partial charge in [-0.05, 0) is 62.4 Å². The molecule has 3 rings (SSSR count). The molecule has 0 unspecified atom stereocenters. The molecule has 0 bridgehead atoms. The first-order valence-corrected chi connectivity index (χ1v) is 11.2. The fraction of sp³-hybridized carbons (Fsp3) is 0.474. The monoisotopic (exact) mass is 378 g/mol. The average molecular weight is 379 g/mol. The summed E-state index contributed by atoms with van der Waals surface area (Å²) in [5, 5.41) is 2.06. The first kappa shape index (κ1) is 18.6. The predicted octanol–water partition coefficient (Wildman–Crippen LogP) is 3.81. The number of nitrogens with zero attached hydrogens (tertiary/aromatic N) is 1. The van der Waals surface area contributed by atoms with Crippen LogP contribution in [-0.2, 0) is 10.0 Å². The van der Waals surface area contributed by atoms with E-state index >= 15 is 0 Å². The van der Waals surface area contributed by atoms with Crippen molar-refractivity contribution < 1.29 is 8.42 Å². The highest BCUT2D eigenvalue weighted by Gasteiger charge is 2.27. The Hall–Kier alpha value is -1.21. The third-order valence-electron chi connectivity index (χ3n) is 4.93. The molecule has 0 saturated carbocycles. The Bertz CT molecular complexity index is 762. The van der Waals surface area contributed by atoms with Crippen molar-refractivity contribution in [2.24, 2.45) is 5.92 Å². The fourth-order valence-corrected chi connectivity index (χ4v) is 5.12. The van der Waals surface area contributed by atoms with Crippen LogP contribution in [0.4, 0.5) is 0 Å². The molecule has 0 amide bonds.